The quantitative estimate of drug-likeness (QED) is 0.485. The van der Waals surface area contributed by atoms with Crippen molar-refractivity contribution in [2.24, 2.45) is 5.10 Å². The predicted octanol–water partition coefficient (Wildman–Crippen LogP) is 2.74. The Morgan fingerprint density at radius 3 is 2.43 bits per heavy atom. The first-order valence-electron chi connectivity index (χ1n) is 9.41. The molecule has 0 bridgehead atoms. The first kappa shape index (κ1) is 20.9. The molecular formula is C23H24N4O3. The fraction of sp³-hybridized carbons (Fsp3) is 0.174. The molecule has 3 rings (SSSR count). The van der Waals surface area contributed by atoms with Crippen molar-refractivity contribution in [2.45, 2.75) is 6.54 Å². The number of ether oxygens (including phenoxy) is 1. The molecule has 0 radical (unpaired) electrons. The number of hydrogen-bond donors (Lipinski definition) is 1. The van der Waals surface area contributed by atoms with Crippen LogP contribution in [0.1, 0.15) is 21.5 Å². The molecule has 30 heavy (non-hydrogen) atoms. The van der Waals surface area contributed by atoms with Crippen LogP contribution in [0.25, 0.3) is 0 Å². The van der Waals surface area contributed by atoms with Crippen molar-refractivity contribution in [3.8, 4) is 5.75 Å². The highest BCUT2D eigenvalue weighted by molar-refractivity contribution is 5.94. The van der Waals surface area contributed by atoms with Crippen LogP contribution < -0.4 is 20.6 Å². The standard InChI is InChI=1S/C23H24N4O3/c1-26(2)19-10-6-17(7-11-19)15-24-25-22(28)21-5-4-14-27(23(21)29)16-18-8-12-20(30-3)13-9-18/h4-15H,16H2,1-3H3,(H,25,28)/b24-15-. The van der Waals surface area contributed by atoms with E-state index in [1.54, 1.807) is 19.4 Å². The van der Waals surface area contributed by atoms with Gasteiger partial charge in [-0.3, -0.25) is 9.59 Å². The van der Waals surface area contributed by atoms with E-state index in [9.17, 15) is 9.59 Å². The van der Waals surface area contributed by atoms with Gasteiger partial charge in [0.25, 0.3) is 11.5 Å². The summed E-state index contributed by atoms with van der Waals surface area (Å²) < 4.78 is 6.63. The number of nitrogens with zero attached hydrogens (tertiary/aromatic N) is 3. The zero-order valence-electron chi connectivity index (χ0n) is 17.2. The van der Waals surface area contributed by atoms with E-state index in [0.717, 1.165) is 22.6 Å². The molecule has 0 aliphatic rings. The molecule has 154 valence electrons. The van der Waals surface area contributed by atoms with E-state index in [0.29, 0.717) is 6.54 Å². The second kappa shape index (κ2) is 9.56. The molecule has 7 nitrogen and oxygen atoms in total. The number of aromatic nitrogens is 1. The van der Waals surface area contributed by atoms with Crippen molar-refractivity contribution >= 4 is 17.8 Å². The van der Waals surface area contributed by atoms with E-state index in [4.69, 9.17) is 4.74 Å². The highest BCUT2D eigenvalue weighted by atomic mass is 16.5. The van der Waals surface area contributed by atoms with Crippen molar-refractivity contribution in [1.29, 1.82) is 0 Å². The van der Waals surface area contributed by atoms with E-state index in [1.165, 1.54) is 16.8 Å². The summed E-state index contributed by atoms with van der Waals surface area (Å²) in [5.74, 6) is 0.193. The van der Waals surface area contributed by atoms with Crippen LogP contribution in [-0.2, 0) is 6.54 Å². The van der Waals surface area contributed by atoms with E-state index in [-0.39, 0.29) is 11.1 Å². The van der Waals surface area contributed by atoms with Gasteiger partial charge < -0.3 is 14.2 Å². The number of hydrazone groups is 1. The monoisotopic (exact) mass is 404 g/mol. The largest absolute Gasteiger partial charge is 0.497 e. The Balaban J connectivity index is 1.68. The lowest BCUT2D eigenvalue weighted by atomic mass is 10.2. The van der Waals surface area contributed by atoms with Crippen molar-refractivity contribution in [3.05, 3.63) is 93.9 Å². The van der Waals surface area contributed by atoms with Crippen molar-refractivity contribution in [1.82, 2.24) is 9.99 Å². The summed E-state index contributed by atoms with van der Waals surface area (Å²) in [6.45, 7) is 0.353. The maximum atomic E-state index is 12.7. The maximum Gasteiger partial charge on any atom is 0.276 e. The Kier molecular flexibility index (Phi) is 6.64. The zero-order valence-corrected chi connectivity index (χ0v) is 17.2. The first-order chi connectivity index (χ1) is 14.5. The number of amides is 1. The van der Waals surface area contributed by atoms with Gasteiger partial charge >= 0.3 is 0 Å². The minimum atomic E-state index is -0.551. The number of methoxy groups -OCH3 is 1. The molecule has 0 fully saturated rings. The Labute approximate surface area is 175 Å². The third-order valence-corrected chi connectivity index (χ3v) is 4.57. The average Bonchev–Trinajstić information content (AvgIpc) is 2.76. The zero-order chi connectivity index (χ0) is 21.5. The van der Waals surface area contributed by atoms with Gasteiger partial charge in [0.15, 0.2) is 0 Å². The number of carbonyl (C=O) groups is 1. The lowest BCUT2D eigenvalue weighted by molar-refractivity contribution is 0.0953. The van der Waals surface area contributed by atoms with Gasteiger partial charge in [0, 0.05) is 26.0 Å². The Hall–Kier alpha value is -3.87. The van der Waals surface area contributed by atoms with Gasteiger partial charge in [0.05, 0.1) is 19.9 Å². The van der Waals surface area contributed by atoms with E-state index >= 15 is 0 Å². The maximum absolute atomic E-state index is 12.7. The van der Waals surface area contributed by atoms with E-state index < -0.39 is 5.91 Å². The van der Waals surface area contributed by atoms with Crippen LogP contribution in [0.15, 0.2) is 76.8 Å². The topological polar surface area (TPSA) is 75.9 Å². The SMILES string of the molecule is COc1ccc(Cn2cccc(C(=O)N/N=C\c3ccc(N(C)C)cc3)c2=O)cc1. The van der Waals surface area contributed by atoms with Crippen molar-refractivity contribution in [3.63, 3.8) is 0 Å². The molecule has 1 amide bonds. The summed E-state index contributed by atoms with van der Waals surface area (Å²) in [6.07, 6.45) is 3.19. The number of rotatable bonds is 7. The molecule has 0 aliphatic heterocycles. The third-order valence-electron chi connectivity index (χ3n) is 4.57. The Morgan fingerprint density at radius 2 is 1.80 bits per heavy atom. The Bertz CT molecular complexity index is 1080. The van der Waals surface area contributed by atoms with Crippen LogP contribution in [0.4, 0.5) is 5.69 Å². The molecule has 1 aromatic heterocycles. The molecule has 0 spiro atoms. The smallest absolute Gasteiger partial charge is 0.276 e. The number of hydrogen-bond acceptors (Lipinski definition) is 5. The highest BCUT2D eigenvalue weighted by Gasteiger charge is 2.11. The van der Waals surface area contributed by atoms with Gasteiger partial charge in [-0.2, -0.15) is 5.10 Å². The lowest BCUT2D eigenvalue weighted by Crippen LogP contribution is -2.30. The molecule has 0 saturated carbocycles. The van der Waals surface area contributed by atoms with Crippen molar-refractivity contribution in [2.75, 3.05) is 26.1 Å². The summed E-state index contributed by atoms with van der Waals surface area (Å²) in [7, 11) is 5.53. The van der Waals surface area contributed by atoms with Crippen LogP contribution in [-0.4, -0.2) is 37.9 Å². The van der Waals surface area contributed by atoms with Crippen LogP contribution in [0, 0.1) is 0 Å². The summed E-state index contributed by atoms with van der Waals surface area (Å²) >= 11 is 0. The van der Waals surface area contributed by atoms with Gasteiger partial charge in [-0.25, -0.2) is 5.43 Å². The number of pyridine rings is 1. The van der Waals surface area contributed by atoms with Crippen LogP contribution in [0.2, 0.25) is 0 Å². The third kappa shape index (κ3) is 5.14. The minimum absolute atomic E-state index is 0.0334. The number of carbonyl (C=O) groups excluding carboxylic acids is 1. The summed E-state index contributed by atoms with van der Waals surface area (Å²) in [5.41, 5.74) is 4.91. The van der Waals surface area contributed by atoms with Gasteiger partial charge in [0.1, 0.15) is 11.3 Å². The summed E-state index contributed by atoms with van der Waals surface area (Å²) in [5, 5.41) is 3.97. The number of nitrogens with one attached hydrogen (secondary N) is 1. The second-order valence-electron chi connectivity index (χ2n) is 6.89. The molecule has 0 atom stereocenters. The minimum Gasteiger partial charge on any atom is -0.497 e. The van der Waals surface area contributed by atoms with Gasteiger partial charge in [-0.05, 0) is 47.5 Å². The average molecular weight is 404 g/mol. The fourth-order valence-corrected chi connectivity index (χ4v) is 2.85. The molecule has 1 heterocycles. The Morgan fingerprint density at radius 1 is 1.10 bits per heavy atom. The van der Waals surface area contributed by atoms with Crippen LogP contribution in [0.5, 0.6) is 5.75 Å². The number of benzene rings is 2. The molecular weight excluding hydrogens is 380 g/mol. The van der Waals surface area contributed by atoms with Gasteiger partial charge in [-0.15, -0.1) is 0 Å². The van der Waals surface area contributed by atoms with Crippen LogP contribution >= 0.6 is 0 Å². The first-order valence-corrected chi connectivity index (χ1v) is 9.41. The highest BCUT2D eigenvalue weighted by Crippen LogP contribution is 2.12. The number of anilines is 1. The van der Waals surface area contributed by atoms with Crippen molar-refractivity contribution < 1.29 is 9.53 Å². The predicted molar refractivity (Wildman–Crippen MR) is 119 cm³/mol. The fourth-order valence-electron chi connectivity index (χ4n) is 2.85. The summed E-state index contributed by atoms with van der Waals surface area (Å²) in [4.78, 5) is 27.1. The second-order valence-corrected chi connectivity index (χ2v) is 6.89. The molecule has 7 heteroatoms. The molecule has 0 unspecified atom stereocenters. The van der Waals surface area contributed by atoms with Gasteiger partial charge in [-0.1, -0.05) is 24.3 Å². The normalized spacial score (nSPS) is 10.8. The molecule has 3 aromatic rings. The molecule has 0 aliphatic carbocycles. The molecule has 0 saturated heterocycles. The van der Waals surface area contributed by atoms with Crippen LogP contribution in [0.3, 0.4) is 0 Å². The molecule has 1 N–H and O–H groups in total. The molecule has 2 aromatic carbocycles. The summed E-state index contributed by atoms with van der Waals surface area (Å²) in [6, 6.07) is 18.3. The van der Waals surface area contributed by atoms with E-state index in [1.807, 2.05) is 67.5 Å². The lowest BCUT2D eigenvalue weighted by Gasteiger charge is -2.11. The van der Waals surface area contributed by atoms with E-state index in [2.05, 4.69) is 10.5 Å². The van der Waals surface area contributed by atoms with Gasteiger partial charge in [0.2, 0.25) is 0 Å².